The lowest BCUT2D eigenvalue weighted by Gasteiger charge is -2.15. The van der Waals surface area contributed by atoms with E-state index < -0.39 is 0 Å². The summed E-state index contributed by atoms with van der Waals surface area (Å²) >= 11 is 0. The van der Waals surface area contributed by atoms with Crippen LogP contribution in [0.3, 0.4) is 0 Å². The maximum Gasteiger partial charge on any atom is 0.141 e. The van der Waals surface area contributed by atoms with Crippen LogP contribution in [-0.4, -0.2) is 24.4 Å². The molecule has 0 spiro atoms. The van der Waals surface area contributed by atoms with Gasteiger partial charge in [0.05, 0.1) is 29.7 Å². The van der Waals surface area contributed by atoms with Gasteiger partial charge in [-0.2, -0.15) is 0 Å². The molecule has 1 atom stereocenters. The molecule has 1 fully saturated rings. The van der Waals surface area contributed by atoms with Crippen LogP contribution < -0.4 is 11.1 Å². The fraction of sp³-hybridized carbons (Fsp3) is 0.400. The first-order chi connectivity index (χ1) is 9.65. The van der Waals surface area contributed by atoms with Crippen LogP contribution in [0.5, 0.6) is 0 Å². The van der Waals surface area contributed by atoms with Crippen LogP contribution in [0.15, 0.2) is 22.7 Å². The summed E-state index contributed by atoms with van der Waals surface area (Å²) in [5.41, 5.74) is 10.8. The normalized spacial score (nSPS) is 18.4. The number of aryl methyl sites for hydroxylation is 2. The lowest BCUT2D eigenvalue weighted by atomic mass is 10.0. The summed E-state index contributed by atoms with van der Waals surface area (Å²) in [7, 11) is 0. The van der Waals surface area contributed by atoms with Crippen molar-refractivity contribution < 1.29 is 9.26 Å². The molecule has 2 heterocycles. The van der Waals surface area contributed by atoms with Crippen molar-refractivity contribution in [3.05, 3.63) is 29.7 Å². The third-order valence-electron chi connectivity index (χ3n) is 3.66. The minimum Gasteiger partial charge on any atom is -0.397 e. The fourth-order valence-electron chi connectivity index (χ4n) is 2.61. The molecule has 106 valence electrons. The molecule has 1 saturated heterocycles. The van der Waals surface area contributed by atoms with Crippen molar-refractivity contribution in [3.63, 3.8) is 0 Å². The van der Waals surface area contributed by atoms with Crippen molar-refractivity contribution in [2.75, 3.05) is 24.3 Å². The molecule has 1 aliphatic rings. The summed E-state index contributed by atoms with van der Waals surface area (Å²) < 4.78 is 10.6. The second-order valence-corrected chi connectivity index (χ2v) is 5.21. The summed E-state index contributed by atoms with van der Waals surface area (Å²) in [5.74, 6) is 0.812. The highest BCUT2D eigenvalue weighted by molar-refractivity contribution is 5.77. The topological polar surface area (TPSA) is 73.3 Å². The Morgan fingerprint density at radius 3 is 2.80 bits per heavy atom. The average molecular weight is 273 g/mol. The van der Waals surface area contributed by atoms with Gasteiger partial charge in [0.1, 0.15) is 5.76 Å². The monoisotopic (exact) mass is 273 g/mol. The maximum absolute atomic E-state index is 6.15. The number of nitrogen functional groups attached to an aromatic ring is 1. The smallest absolute Gasteiger partial charge is 0.141 e. The minimum atomic E-state index is 0.349. The van der Waals surface area contributed by atoms with Crippen LogP contribution in [0, 0.1) is 13.8 Å². The number of rotatable bonds is 3. The molecule has 0 amide bonds. The van der Waals surface area contributed by atoms with E-state index in [1.54, 1.807) is 0 Å². The summed E-state index contributed by atoms with van der Waals surface area (Å²) in [6, 6.07) is 6.36. The Balaban J connectivity index is 1.87. The Morgan fingerprint density at radius 1 is 1.35 bits per heavy atom. The van der Waals surface area contributed by atoms with Crippen molar-refractivity contribution in [2.45, 2.75) is 26.3 Å². The third kappa shape index (κ3) is 2.36. The van der Waals surface area contributed by atoms with E-state index in [0.717, 1.165) is 53.6 Å². The SMILES string of the molecule is Cc1noc(C)c1-c1ccc(NC2CCOC2)c(N)c1. The van der Waals surface area contributed by atoms with Gasteiger partial charge in [-0.25, -0.2) is 0 Å². The molecule has 5 nitrogen and oxygen atoms in total. The van der Waals surface area contributed by atoms with E-state index in [4.69, 9.17) is 15.0 Å². The first-order valence-corrected chi connectivity index (χ1v) is 6.82. The Kier molecular flexibility index (Phi) is 3.36. The van der Waals surface area contributed by atoms with Gasteiger partial charge in [0.25, 0.3) is 0 Å². The molecule has 1 unspecified atom stereocenters. The van der Waals surface area contributed by atoms with Crippen molar-refractivity contribution in [1.29, 1.82) is 0 Å². The molecular weight excluding hydrogens is 254 g/mol. The van der Waals surface area contributed by atoms with Crippen LogP contribution in [0.25, 0.3) is 11.1 Å². The number of anilines is 2. The van der Waals surface area contributed by atoms with Crippen molar-refractivity contribution >= 4 is 11.4 Å². The first-order valence-electron chi connectivity index (χ1n) is 6.82. The van der Waals surface area contributed by atoms with Crippen molar-refractivity contribution in [1.82, 2.24) is 5.16 Å². The Labute approximate surface area is 118 Å². The highest BCUT2D eigenvalue weighted by atomic mass is 16.5. The lowest BCUT2D eigenvalue weighted by molar-refractivity contribution is 0.195. The van der Waals surface area contributed by atoms with E-state index in [-0.39, 0.29) is 0 Å². The Morgan fingerprint density at radius 2 is 2.20 bits per heavy atom. The summed E-state index contributed by atoms with van der Waals surface area (Å²) in [6.45, 7) is 5.40. The standard InChI is InChI=1S/C15H19N3O2/c1-9-15(10(2)20-18-9)11-3-4-14(13(16)7-11)17-12-5-6-19-8-12/h3-4,7,12,17H,5-6,8,16H2,1-2H3. The number of nitrogens with zero attached hydrogens (tertiary/aromatic N) is 1. The first kappa shape index (κ1) is 13.0. The fourth-order valence-corrected chi connectivity index (χ4v) is 2.61. The molecule has 3 N–H and O–H groups in total. The minimum absolute atomic E-state index is 0.349. The predicted molar refractivity (Wildman–Crippen MR) is 78.7 cm³/mol. The van der Waals surface area contributed by atoms with Gasteiger partial charge in [0.2, 0.25) is 0 Å². The number of hydrogen-bond acceptors (Lipinski definition) is 5. The van der Waals surface area contributed by atoms with Gasteiger partial charge < -0.3 is 20.3 Å². The molecule has 0 saturated carbocycles. The molecule has 20 heavy (non-hydrogen) atoms. The third-order valence-corrected chi connectivity index (χ3v) is 3.66. The second-order valence-electron chi connectivity index (χ2n) is 5.21. The van der Waals surface area contributed by atoms with E-state index in [1.807, 2.05) is 32.0 Å². The molecule has 1 aromatic heterocycles. The molecule has 0 bridgehead atoms. The molecule has 0 aliphatic carbocycles. The Hall–Kier alpha value is -2.01. The van der Waals surface area contributed by atoms with E-state index in [1.165, 1.54) is 0 Å². The Bertz CT molecular complexity index is 596. The number of hydrogen-bond donors (Lipinski definition) is 2. The zero-order valence-electron chi connectivity index (χ0n) is 11.8. The van der Waals surface area contributed by atoms with E-state index >= 15 is 0 Å². The zero-order chi connectivity index (χ0) is 14.1. The van der Waals surface area contributed by atoms with E-state index in [2.05, 4.69) is 10.5 Å². The number of benzene rings is 1. The number of nitrogens with two attached hydrogens (primary N) is 1. The van der Waals surface area contributed by atoms with E-state index in [0.29, 0.717) is 6.04 Å². The molecule has 1 aromatic carbocycles. The van der Waals surface area contributed by atoms with Crippen LogP contribution in [0.1, 0.15) is 17.9 Å². The maximum atomic E-state index is 6.15. The second kappa shape index (κ2) is 5.17. The number of ether oxygens (including phenoxy) is 1. The highest BCUT2D eigenvalue weighted by Gasteiger charge is 2.17. The van der Waals surface area contributed by atoms with Crippen LogP contribution in [-0.2, 0) is 4.74 Å². The van der Waals surface area contributed by atoms with Gasteiger partial charge in [0, 0.05) is 12.2 Å². The molecule has 0 radical (unpaired) electrons. The predicted octanol–water partition coefficient (Wildman–Crippen LogP) is 2.74. The number of aromatic nitrogens is 1. The average Bonchev–Trinajstić information content (AvgIpc) is 3.03. The van der Waals surface area contributed by atoms with Gasteiger partial charge in [0.15, 0.2) is 0 Å². The van der Waals surface area contributed by atoms with Gasteiger partial charge in [-0.05, 0) is 38.0 Å². The van der Waals surface area contributed by atoms with Crippen molar-refractivity contribution in [3.8, 4) is 11.1 Å². The van der Waals surface area contributed by atoms with Crippen molar-refractivity contribution in [2.24, 2.45) is 0 Å². The molecular formula is C15H19N3O2. The molecule has 1 aliphatic heterocycles. The van der Waals surface area contributed by atoms with Crippen LogP contribution >= 0.6 is 0 Å². The summed E-state index contributed by atoms with van der Waals surface area (Å²) in [5, 5.41) is 7.40. The molecule has 5 heteroatoms. The highest BCUT2D eigenvalue weighted by Crippen LogP contribution is 2.31. The molecule has 3 rings (SSSR count). The van der Waals surface area contributed by atoms with Crippen LogP contribution in [0.2, 0.25) is 0 Å². The summed E-state index contributed by atoms with van der Waals surface area (Å²) in [6.07, 6.45) is 1.02. The van der Waals surface area contributed by atoms with Gasteiger partial charge >= 0.3 is 0 Å². The van der Waals surface area contributed by atoms with E-state index in [9.17, 15) is 0 Å². The van der Waals surface area contributed by atoms with Gasteiger partial charge in [-0.3, -0.25) is 0 Å². The molecule has 2 aromatic rings. The number of nitrogens with one attached hydrogen (secondary N) is 1. The quantitative estimate of drug-likeness (QED) is 0.841. The van der Waals surface area contributed by atoms with Gasteiger partial charge in [-0.1, -0.05) is 11.2 Å². The van der Waals surface area contributed by atoms with Gasteiger partial charge in [-0.15, -0.1) is 0 Å². The largest absolute Gasteiger partial charge is 0.397 e. The lowest BCUT2D eigenvalue weighted by Crippen LogP contribution is -2.19. The zero-order valence-corrected chi connectivity index (χ0v) is 11.8. The summed E-state index contributed by atoms with van der Waals surface area (Å²) in [4.78, 5) is 0. The van der Waals surface area contributed by atoms with Crippen LogP contribution in [0.4, 0.5) is 11.4 Å².